The minimum atomic E-state index is -0.704. The highest BCUT2D eigenvalue weighted by Crippen LogP contribution is 2.45. The molecule has 0 aromatic heterocycles. The van der Waals surface area contributed by atoms with Crippen LogP contribution in [0.5, 0.6) is 5.75 Å². The number of hydrogen-bond donors (Lipinski definition) is 0. The van der Waals surface area contributed by atoms with E-state index in [0.717, 1.165) is 17.5 Å². The molecule has 0 saturated carbocycles. The highest BCUT2D eigenvalue weighted by atomic mass is 19.1. The molecule has 0 aliphatic carbocycles. The molecule has 152 valence electrons. The standard InChI is InChI=1S/C24H25FO4/c1-2-20(26)18-11-17(21(27)10-15-8-9-28-14-15)12-19-23(16-6-4-3-5-7-16)22(13-25)29-24(18)19/h3-7,11-12,15,22-23H,2,8-10,13-14H2,1H3/t15?,22-,23+/m1/s1. The molecule has 0 radical (unpaired) electrons. The molecule has 5 heteroatoms. The van der Waals surface area contributed by atoms with Crippen molar-refractivity contribution in [1.82, 2.24) is 0 Å². The smallest absolute Gasteiger partial charge is 0.166 e. The van der Waals surface area contributed by atoms with Gasteiger partial charge in [0.1, 0.15) is 18.5 Å². The molecule has 2 aromatic rings. The number of fused-ring (bicyclic) bond motifs is 1. The molecule has 1 unspecified atom stereocenters. The van der Waals surface area contributed by atoms with Crippen LogP contribution in [0.1, 0.15) is 63.9 Å². The molecule has 4 nitrogen and oxygen atoms in total. The third-order valence-corrected chi connectivity index (χ3v) is 5.85. The van der Waals surface area contributed by atoms with Gasteiger partial charge in [-0.2, -0.15) is 0 Å². The summed E-state index contributed by atoms with van der Waals surface area (Å²) in [5.41, 5.74) is 2.52. The lowest BCUT2D eigenvalue weighted by molar-refractivity contribution is 0.0952. The average Bonchev–Trinajstić information content (AvgIpc) is 3.40. The molecule has 0 amide bonds. The third kappa shape index (κ3) is 3.84. The fraction of sp³-hybridized carbons (Fsp3) is 0.417. The van der Waals surface area contributed by atoms with Gasteiger partial charge in [-0.25, -0.2) is 4.39 Å². The summed E-state index contributed by atoms with van der Waals surface area (Å²) in [6.07, 6.45) is 0.851. The van der Waals surface area contributed by atoms with Crippen molar-refractivity contribution in [1.29, 1.82) is 0 Å². The lowest BCUT2D eigenvalue weighted by atomic mass is 9.85. The molecule has 0 N–H and O–H groups in total. The number of halogens is 1. The lowest BCUT2D eigenvalue weighted by Gasteiger charge is -2.16. The van der Waals surface area contributed by atoms with Crippen molar-refractivity contribution in [2.75, 3.05) is 19.9 Å². The van der Waals surface area contributed by atoms with Crippen LogP contribution in [0.25, 0.3) is 0 Å². The summed E-state index contributed by atoms with van der Waals surface area (Å²) in [5.74, 6) is 0.174. The van der Waals surface area contributed by atoms with Gasteiger partial charge in [-0.1, -0.05) is 37.3 Å². The summed E-state index contributed by atoms with van der Waals surface area (Å²) >= 11 is 0. The lowest BCUT2D eigenvalue weighted by Crippen LogP contribution is -2.22. The maximum atomic E-state index is 13.9. The van der Waals surface area contributed by atoms with Gasteiger partial charge < -0.3 is 9.47 Å². The first-order valence-electron chi connectivity index (χ1n) is 10.2. The van der Waals surface area contributed by atoms with Crippen LogP contribution < -0.4 is 4.74 Å². The normalized spacial score (nSPS) is 22.9. The number of carbonyl (C=O) groups excluding carboxylic acids is 2. The van der Waals surface area contributed by atoms with Crippen LogP contribution in [0.15, 0.2) is 42.5 Å². The number of rotatable bonds is 7. The van der Waals surface area contributed by atoms with Crippen molar-refractivity contribution in [2.45, 2.75) is 38.2 Å². The van der Waals surface area contributed by atoms with E-state index in [2.05, 4.69) is 0 Å². The second-order valence-electron chi connectivity index (χ2n) is 7.77. The molecule has 1 fully saturated rings. The van der Waals surface area contributed by atoms with Crippen LogP contribution in [0.2, 0.25) is 0 Å². The first kappa shape index (κ1) is 19.8. The van der Waals surface area contributed by atoms with E-state index in [-0.39, 0.29) is 23.4 Å². The van der Waals surface area contributed by atoms with Gasteiger partial charge >= 0.3 is 0 Å². The van der Waals surface area contributed by atoms with E-state index in [1.54, 1.807) is 19.1 Å². The molecule has 2 aliphatic heterocycles. The van der Waals surface area contributed by atoms with Crippen LogP contribution in [-0.4, -0.2) is 37.6 Å². The van der Waals surface area contributed by atoms with E-state index < -0.39 is 12.8 Å². The van der Waals surface area contributed by atoms with E-state index >= 15 is 0 Å². The van der Waals surface area contributed by atoms with Crippen molar-refractivity contribution >= 4 is 11.6 Å². The Balaban J connectivity index is 1.78. The summed E-state index contributed by atoms with van der Waals surface area (Å²) in [4.78, 5) is 25.6. The maximum absolute atomic E-state index is 13.9. The summed E-state index contributed by atoms with van der Waals surface area (Å²) in [7, 11) is 0. The van der Waals surface area contributed by atoms with Crippen LogP contribution in [0, 0.1) is 5.92 Å². The van der Waals surface area contributed by atoms with Gasteiger partial charge in [0, 0.05) is 37.2 Å². The molecule has 2 aliphatic rings. The molecular weight excluding hydrogens is 371 g/mol. The highest BCUT2D eigenvalue weighted by molar-refractivity contribution is 6.04. The molecule has 0 spiro atoms. The minimum absolute atomic E-state index is 0.0102. The number of ketones is 2. The predicted molar refractivity (Wildman–Crippen MR) is 108 cm³/mol. The third-order valence-electron chi connectivity index (χ3n) is 5.85. The van der Waals surface area contributed by atoms with Crippen molar-refractivity contribution in [3.05, 3.63) is 64.7 Å². The first-order valence-corrected chi connectivity index (χ1v) is 10.2. The van der Waals surface area contributed by atoms with Gasteiger partial charge in [0.25, 0.3) is 0 Å². The van der Waals surface area contributed by atoms with Crippen LogP contribution in [0.3, 0.4) is 0 Å². The fourth-order valence-electron chi connectivity index (χ4n) is 4.29. The first-order chi connectivity index (χ1) is 14.1. The Hall–Kier alpha value is -2.53. The fourth-order valence-corrected chi connectivity index (χ4v) is 4.29. The zero-order chi connectivity index (χ0) is 20.4. The Bertz CT molecular complexity index is 903. The molecule has 0 bridgehead atoms. The summed E-state index contributed by atoms with van der Waals surface area (Å²) in [5, 5.41) is 0. The second-order valence-corrected chi connectivity index (χ2v) is 7.77. The van der Waals surface area contributed by atoms with Gasteiger partial charge in [-0.15, -0.1) is 0 Å². The molecule has 2 aromatic carbocycles. The van der Waals surface area contributed by atoms with Crippen molar-refractivity contribution in [2.24, 2.45) is 5.92 Å². The molecular formula is C24H25FO4. The van der Waals surface area contributed by atoms with Crippen LogP contribution >= 0.6 is 0 Å². The van der Waals surface area contributed by atoms with Crippen LogP contribution in [0.4, 0.5) is 4.39 Å². The number of carbonyl (C=O) groups is 2. The Morgan fingerprint density at radius 3 is 2.59 bits per heavy atom. The Labute approximate surface area is 170 Å². The quantitative estimate of drug-likeness (QED) is 0.634. The SMILES string of the molecule is CCC(=O)c1cc(C(=O)CC2CCOC2)cc2c1O[C@H](CF)[C@H]2c1ccccc1. The molecule has 2 heterocycles. The molecule has 3 atom stereocenters. The number of alkyl halides is 1. The Kier molecular flexibility index (Phi) is 5.76. The van der Waals surface area contributed by atoms with E-state index in [0.29, 0.717) is 42.9 Å². The van der Waals surface area contributed by atoms with Gasteiger partial charge in [-0.3, -0.25) is 9.59 Å². The van der Waals surface area contributed by atoms with Crippen LogP contribution in [-0.2, 0) is 4.74 Å². The Morgan fingerprint density at radius 1 is 1.14 bits per heavy atom. The monoisotopic (exact) mass is 396 g/mol. The zero-order valence-corrected chi connectivity index (χ0v) is 16.5. The second kappa shape index (κ2) is 8.46. The van der Waals surface area contributed by atoms with Crippen molar-refractivity contribution < 1.29 is 23.5 Å². The predicted octanol–water partition coefficient (Wildman–Crippen LogP) is 4.75. The topological polar surface area (TPSA) is 52.6 Å². The van der Waals surface area contributed by atoms with Gasteiger partial charge in [0.2, 0.25) is 0 Å². The zero-order valence-electron chi connectivity index (χ0n) is 16.5. The van der Waals surface area contributed by atoms with E-state index in [4.69, 9.17) is 9.47 Å². The molecule has 29 heavy (non-hydrogen) atoms. The number of benzene rings is 2. The summed E-state index contributed by atoms with van der Waals surface area (Å²) < 4.78 is 25.2. The number of Topliss-reactive ketones (excluding diaryl/α,β-unsaturated/α-hetero) is 2. The summed E-state index contributed by atoms with van der Waals surface area (Å²) in [6, 6.07) is 13.0. The minimum Gasteiger partial charge on any atom is -0.486 e. The van der Waals surface area contributed by atoms with Gasteiger partial charge in [0.15, 0.2) is 11.6 Å². The van der Waals surface area contributed by atoms with E-state index in [1.807, 2.05) is 30.3 Å². The van der Waals surface area contributed by atoms with Crippen molar-refractivity contribution in [3.63, 3.8) is 0 Å². The Morgan fingerprint density at radius 2 is 1.93 bits per heavy atom. The van der Waals surface area contributed by atoms with Gasteiger partial charge in [-0.05, 0) is 30.0 Å². The summed E-state index contributed by atoms with van der Waals surface area (Å²) in [6.45, 7) is 2.38. The van der Waals surface area contributed by atoms with E-state index in [1.165, 1.54) is 0 Å². The highest BCUT2D eigenvalue weighted by Gasteiger charge is 2.39. The van der Waals surface area contributed by atoms with Gasteiger partial charge in [0.05, 0.1) is 11.5 Å². The molecule has 1 saturated heterocycles. The maximum Gasteiger partial charge on any atom is 0.166 e. The number of hydrogen-bond acceptors (Lipinski definition) is 4. The van der Waals surface area contributed by atoms with E-state index in [9.17, 15) is 14.0 Å². The number of ether oxygens (including phenoxy) is 2. The van der Waals surface area contributed by atoms with Crippen molar-refractivity contribution in [3.8, 4) is 5.75 Å². The molecule has 4 rings (SSSR count). The largest absolute Gasteiger partial charge is 0.486 e. The average molecular weight is 396 g/mol.